The molecule has 1 rings (SSSR count). The van der Waals surface area contributed by atoms with Crippen molar-refractivity contribution in [2.24, 2.45) is 5.73 Å². The predicted molar refractivity (Wildman–Crippen MR) is 45.6 cm³/mol. The molecule has 62 valence electrons. The molecule has 4 heteroatoms. The first-order chi connectivity index (χ1) is 5.77. The van der Waals surface area contributed by atoms with Crippen molar-refractivity contribution in [2.75, 3.05) is 6.54 Å². The number of aromatic hydroxyl groups is 1. The standard InChI is InChI=1S/C8H9N3O/c9-4-3-6-1-2-8(12)7(5-6)11-10/h1-2,5H,3-4,9H2/p+1. The molecule has 0 fully saturated rings. The summed E-state index contributed by atoms with van der Waals surface area (Å²) in [6.07, 6.45) is 0.711. The van der Waals surface area contributed by atoms with E-state index in [9.17, 15) is 0 Å². The number of benzene rings is 1. The molecule has 0 aliphatic carbocycles. The Balaban J connectivity index is 2.99. The predicted octanol–water partition coefficient (Wildman–Crippen LogP) is 1.38. The van der Waals surface area contributed by atoms with Crippen molar-refractivity contribution in [2.45, 2.75) is 6.42 Å². The maximum atomic E-state index is 9.12. The lowest BCUT2D eigenvalue weighted by Crippen LogP contribution is -2.02. The molecule has 0 radical (unpaired) electrons. The Hall–Kier alpha value is -1.60. The van der Waals surface area contributed by atoms with Crippen LogP contribution in [0.3, 0.4) is 0 Å². The number of hydrogen-bond donors (Lipinski definition) is 2. The summed E-state index contributed by atoms with van der Waals surface area (Å²) in [7, 11) is 0. The van der Waals surface area contributed by atoms with Gasteiger partial charge in [-0.1, -0.05) is 6.07 Å². The van der Waals surface area contributed by atoms with Crippen molar-refractivity contribution < 1.29 is 5.11 Å². The fraction of sp³-hybridized carbons (Fsp3) is 0.250. The van der Waals surface area contributed by atoms with Crippen LogP contribution in [-0.2, 0) is 6.42 Å². The summed E-state index contributed by atoms with van der Waals surface area (Å²) in [5.74, 6) is -0.0294. The lowest BCUT2D eigenvalue weighted by atomic mass is 10.1. The second-order valence-electron chi connectivity index (χ2n) is 2.46. The fourth-order valence-corrected chi connectivity index (χ4v) is 0.971. The number of phenolic OH excluding ortho intramolecular Hbond substituents is 1. The summed E-state index contributed by atoms with van der Waals surface area (Å²) < 4.78 is 0. The van der Waals surface area contributed by atoms with Gasteiger partial charge in [0, 0.05) is 6.07 Å². The van der Waals surface area contributed by atoms with E-state index in [2.05, 4.69) is 4.98 Å². The number of nitrogens with two attached hydrogens (primary N) is 1. The molecule has 0 amide bonds. The van der Waals surface area contributed by atoms with Crippen LogP contribution in [0.25, 0.3) is 4.98 Å². The Bertz CT molecular complexity index is 317. The molecule has 0 atom stereocenters. The fourth-order valence-electron chi connectivity index (χ4n) is 0.971. The molecule has 0 aliphatic heterocycles. The van der Waals surface area contributed by atoms with Crippen molar-refractivity contribution in [3.63, 3.8) is 0 Å². The van der Waals surface area contributed by atoms with E-state index in [1.54, 1.807) is 12.1 Å². The Labute approximate surface area is 70.3 Å². The average molecular weight is 164 g/mol. The minimum absolute atomic E-state index is 0.0294. The second kappa shape index (κ2) is 3.69. The van der Waals surface area contributed by atoms with Crippen molar-refractivity contribution >= 4 is 5.69 Å². The molecule has 0 bridgehead atoms. The summed E-state index contributed by atoms with van der Waals surface area (Å²) in [5.41, 5.74) is 6.46. The van der Waals surface area contributed by atoms with Crippen LogP contribution >= 0.6 is 0 Å². The Morgan fingerprint density at radius 3 is 2.83 bits per heavy atom. The molecule has 0 unspecified atom stereocenters. The third kappa shape index (κ3) is 1.71. The molecule has 1 aromatic rings. The maximum absolute atomic E-state index is 9.12. The van der Waals surface area contributed by atoms with E-state index >= 15 is 0 Å². The number of rotatable bonds is 2. The lowest BCUT2D eigenvalue weighted by molar-refractivity contribution is 0.478. The van der Waals surface area contributed by atoms with E-state index in [1.807, 2.05) is 0 Å². The average Bonchev–Trinajstić information content (AvgIpc) is 2.09. The second-order valence-corrected chi connectivity index (χ2v) is 2.46. The third-order valence-electron chi connectivity index (χ3n) is 1.58. The van der Waals surface area contributed by atoms with Gasteiger partial charge in [-0.3, -0.25) is 0 Å². The highest BCUT2D eigenvalue weighted by atomic mass is 16.3. The molecule has 12 heavy (non-hydrogen) atoms. The molecule has 0 saturated heterocycles. The lowest BCUT2D eigenvalue weighted by Gasteiger charge is -1.94. The number of phenols is 1. The van der Waals surface area contributed by atoms with Crippen LogP contribution in [0.15, 0.2) is 18.2 Å². The van der Waals surface area contributed by atoms with Gasteiger partial charge in [-0.05, 0) is 24.6 Å². The van der Waals surface area contributed by atoms with Gasteiger partial charge in [-0.25, -0.2) is 0 Å². The summed E-state index contributed by atoms with van der Waals surface area (Å²) in [6.45, 7) is 0.537. The van der Waals surface area contributed by atoms with Gasteiger partial charge in [0.25, 0.3) is 0 Å². The van der Waals surface area contributed by atoms with Crippen LogP contribution in [0, 0.1) is 5.39 Å². The topological polar surface area (TPSA) is 74.4 Å². The molecule has 0 heterocycles. The van der Waals surface area contributed by atoms with Crippen LogP contribution in [0.5, 0.6) is 5.75 Å². The first-order valence-electron chi connectivity index (χ1n) is 3.65. The summed E-state index contributed by atoms with van der Waals surface area (Å²) in [5, 5.41) is 17.6. The van der Waals surface area contributed by atoms with Crippen molar-refractivity contribution in [3.8, 4) is 5.75 Å². The maximum Gasteiger partial charge on any atom is 0.426 e. The largest absolute Gasteiger partial charge is 0.501 e. The van der Waals surface area contributed by atoms with E-state index in [0.29, 0.717) is 13.0 Å². The van der Waals surface area contributed by atoms with Crippen molar-refractivity contribution in [1.29, 1.82) is 5.39 Å². The summed E-state index contributed by atoms with van der Waals surface area (Å²) in [4.78, 5) is 2.92. The first-order valence-corrected chi connectivity index (χ1v) is 3.65. The number of diazo groups is 1. The zero-order valence-corrected chi connectivity index (χ0v) is 6.57. The number of hydrogen-bond acceptors (Lipinski definition) is 3. The highest BCUT2D eigenvalue weighted by molar-refractivity contribution is 5.57. The first kappa shape index (κ1) is 8.50. The molecule has 3 N–H and O–H groups in total. The van der Waals surface area contributed by atoms with Gasteiger partial charge >= 0.3 is 5.69 Å². The molecule has 0 saturated carbocycles. The highest BCUT2D eigenvalue weighted by Gasteiger charge is 2.12. The van der Waals surface area contributed by atoms with E-state index in [-0.39, 0.29) is 11.4 Å². The van der Waals surface area contributed by atoms with Crippen molar-refractivity contribution in [1.82, 2.24) is 0 Å². The van der Waals surface area contributed by atoms with E-state index < -0.39 is 0 Å². The van der Waals surface area contributed by atoms with Crippen LogP contribution < -0.4 is 5.73 Å². The smallest absolute Gasteiger partial charge is 0.426 e. The van der Waals surface area contributed by atoms with Gasteiger partial charge in [0.15, 0.2) is 4.98 Å². The van der Waals surface area contributed by atoms with Crippen LogP contribution in [0.2, 0.25) is 0 Å². The number of nitrogens with zero attached hydrogens (tertiary/aromatic N) is 2. The molecular formula is C8H10N3O+. The van der Waals surface area contributed by atoms with E-state index in [1.165, 1.54) is 6.07 Å². The molecule has 4 nitrogen and oxygen atoms in total. The van der Waals surface area contributed by atoms with Gasteiger partial charge in [0.2, 0.25) is 11.1 Å². The third-order valence-corrected chi connectivity index (χ3v) is 1.58. The Morgan fingerprint density at radius 1 is 1.50 bits per heavy atom. The zero-order valence-electron chi connectivity index (χ0n) is 6.57. The normalized spacial score (nSPS) is 9.33. The van der Waals surface area contributed by atoms with Crippen LogP contribution in [0.4, 0.5) is 5.69 Å². The quantitative estimate of drug-likeness (QED) is 0.648. The van der Waals surface area contributed by atoms with E-state index in [0.717, 1.165) is 5.56 Å². The minimum Gasteiger partial charge on any atom is -0.501 e. The molecule has 1 aromatic carbocycles. The van der Waals surface area contributed by atoms with Gasteiger partial charge in [0.05, 0.1) is 0 Å². The Morgan fingerprint density at radius 2 is 2.25 bits per heavy atom. The van der Waals surface area contributed by atoms with Gasteiger partial charge in [-0.2, -0.15) is 0 Å². The molecule has 0 aromatic heterocycles. The summed E-state index contributed by atoms with van der Waals surface area (Å²) >= 11 is 0. The van der Waals surface area contributed by atoms with Crippen LogP contribution in [0.1, 0.15) is 5.56 Å². The monoisotopic (exact) mass is 164 g/mol. The summed E-state index contributed by atoms with van der Waals surface area (Å²) in [6, 6.07) is 4.83. The zero-order chi connectivity index (χ0) is 8.97. The van der Waals surface area contributed by atoms with E-state index in [4.69, 9.17) is 16.2 Å². The van der Waals surface area contributed by atoms with Crippen LogP contribution in [-0.4, -0.2) is 11.7 Å². The van der Waals surface area contributed by atoms with Gasteiger partial charge < -0.3 is 10.8 Å². The minimum atomic E-state index is -0.0294. The molecule has 0 aliphatic rings. The van der Waals surface area contributed by atoms with Gasteiger partial charge in [-0.15, -0.1) is 0 Å². The molecule has 0 spiro atoms. The molecular weight excluding hydrogens is 154 g/mol. The van der Waals surface area contributed by atoms with Crippen molar-refractivity contribution in [3.05, 3.63) is 28.7 Å². The Kier molecular flexibility index (Phi) is 2.62. The van der Waals surface area contributed by atoms with Gasteiger partial charge in [0.1, 0.15) is 0 Å². The SMILES string of the molecule is N#[N+]c1cc(CCN)ccc1O. The highest BCUT2D eigenvalue weighted by Crippen LogP contribution is 2.26.